The third-order valence-electron chi connectivity index (χ3n) is 2.10. The molecule has 1 aromatic carbocycles. The van der Waals surface area contributed by atoms with Crippen molar-refractivity contribution in [3.8, 4) is 5.75 Å². The van der Waals surface area contributed by atoms with Gasteiger partial charge in [0.15, 0.2) is 0 Å². The normalized spacial score (nSPS) is 10.3. The van der Waals surface area contributed by atoms with Gasteiger partial charge in [-0.3, -0.25) is 0 Å². The number of hydrogen-bond acceptors (Lipinski definition) is 2. The number of halogens is 1. The first kappa shape index (κ1) is 9.36. The van der Waals surface area contributed by atoms with Gasteiger partial charge in [-0.2, -0.15) is 0 Å². The zero-order valence-electron chi connectivity index (χ0n) is 7.19. The van der Waals surface area contributed by atoms with Crippen LogP contribution in [0.1, 0.15) is 16.7 Å². The van der Waals surface area contributed by atoms with Gasteiger partial charge in [-0.1, -0.05) is 11.6 Å². The van der Waals surface area contributed by atoms with Gasteiger partial charge in [0.25, 0.3) is 0 Å². The average molecular weight is 186 g/mol. The fraction of sp³-hybridized carbons (Fsp3) is 0.333. The summed E-state index contributed by atoms with van der Waals surface area (Å²) in [5.41, 5.74) is 7.83. The Hall–Kier alpha value is -0.730. The van der Waals surface area contributed by atoms with Crippen LogP contribution in [-0.4, -0.2) is 5.11 Å². The molecule has 3 N–H and O–H groups in total. The van der Waals surface area contributed by atoms with Crippen molar-refractivity contribution in [2.45, 2.75) is 20.4 Å². The van der Waals surface area contributed by atoms with Crippen LogP contribution in [0.25, 0.3) is 0 Å². The number of hydrogen-bond donors (Lipinski definition) is 2. The molecule has 0 saturated heterocycles. The Labute approximate surface area is 77.0 Å². The second-order valence-electron chi connectivity index (χ2n) is 2.82. The number of benzene rings is 1. The topological polar surface area (TPSA) is 46.2 Å². The van der Waals surface area contributed by atoms with Crippen LogP contribution >= 0.6 is 11.6 Å². The summed E-state index contributed by atoms with van der Waals surface area (Å²) in [7, 11) is 0. The minimum absolute atomic E-state index is 0.263. The molecule has 0 aromatic heterocycles. The van der Waals surface area contributed by atoms with Gasteiger partial charge in [0.2, 0.25) is 0 Å². The number of rotatable bonds is 1. The first-order valence-corrected chi connectivity index (χ1v) is 4.13. The third-order valence-corrected chi connectivity index (χ3v) is 2.49. The second kappa shape index (κ2) is 3.33. The molecule has 0 aliphatic carbocycles. The van der Waals surface area contributed by atoms with E-state index in [0.717, 1.165) is 11.1 Å². The Morgan fingerprint density at radius 1 is 1.42 bits per heavy atom. The molecule has 1 aromatic rings. The average Bonchev–Trinajstić information content (AvgIpc) is 2.08. The summed E-state index contributed by atoms with van der Waals surface area (Å²) in [6, 6.07) is 1.71. The molecule has 0 heterocycles. The van der Waals surface area contributed by atoms with E-state index in [1.807, 2.05) is 13.8 Å². The number of nitrogens with two attached hydrogens (primary N) is 1. The van der Waals surface area contributed by atoms with Gasteiger partial charge >= 0.3 is 0 Å². The Bertz CT molecular complexity index is 310. The molecule has 2 nitrogen and oxygen atoms in total. The van der Waals surface area contributed by atoms with Gasteiger partial charge in [0.1, 0.15) is 5.75 Å². The first-order valence-electron chi connectivity index (χ1n) is 3.75. The number of aromatic hydroxyl groups is 1. The molecule has 66 valence electrons. The maximum Gasteiger partial charge on any atom is 0.123 e. The van der Waals surface area contributed by atoms with E-state index in [9.17, 15) is 5.11 Å². The van der Waals surface area contributed by atoms with Gasteiger partial charge in [0.05, 0.1) is 0 Å². The monoisotopic (exact) mass is 185 g/mol. The van der Waals surface area contributed by atoms with Crippen LogP contribution in [0.3, 0.4) is 0 Å². The van der Waals surface area contributed by atoms with E-state index in [0.29, 0.717) is 17.1 Å². The lowest BCUT2D eigenvalue weighted by Crippen LogP contribution is -1.99. The van der Waals surface area contributed by atoms with Crippen LogP contribution in [0.5, 0.6) is 5.75 Å². The maximum atomic E-state index is 9.56. The lowest BCUT2D eigenvalue weighted by atomic mass is 10.0. The van der Waals surface area contributed by atoms with Gasteiger partial charge in [0, 0.05) is 17.1 Å². The molecule has 0 radical (unpaired) electrons. The molecule has 0 aliphatic heterocycles. The minimum Gasteiger partial charge on any atom is -0.507 e. The zero-order valence-corrected chi connectivity index (χ0v) is 7.94. The summed E-state index contributed by atoms with van der Waals surface area (Å²) in [4.78, 5) is 0. The molecule has 0 bridgehead atoms. The Kier molecular flexibility index (Phi) is 2.60. The largest absolute Gasteiger partial charge is 0.507 e. The highest BCUT2D eigenvalue weighted by molar-refractivity contribution is 6.31. The first-order chi connectivity index (χ1) is 5.57. The summed E-state index contributed by atoms with van der Waals surface area (Å²) in [5.74, 6) is 0.263. The van der Waals surface area contributed by atoms with Gasteiger partial charge in [-0.05, 0) is 31.0 Å². The van der Waals surface area contributed by atoms with Crippen molar-refractivity contribution >= 4 is 11.6 Å². The summed E-state index contributed by atoms with van der Waals surface area (Å²) in [5, 5.41) is 10.2. The minimum atomic E-state index is 0.263. The fourth-order valence-electron chi connectivity index (χ4n) is 1.08. The maximum absolute atomic E-state index is 9.56. The van der Waals surface area contributed by atoms with Crippen molar-refractivity contribution in [1.29, 1.82) is 0 Å². The van der Waals surface area contributed by atoms with E-state index in [1.54, 1.807) is 6.07 Å². The molecule has 0 fully saturated rings. The lowest BCUT2D eigenvalue weighted by Gasteiger charge is -2.09. The Balaban J connectivity index is 3.39. The highest BCUT2D eigenvalue weighted by Crippen LogP contribution is 2.30. The molecular formula is C9H12ClNO. The fourth-order valence-corrected chi connectivity index (χ4v) is 1.36. The van der Waals surface area contributed by atoms with Crippen molar-refractivity contribution in [1.82, 2.24) is 0 Å². The second-order valence-corrected chi connectivity index (χ2v) is 3.23. The van der Waals surface area contributed by atoms with E-state index >= 15 is 0 Å². The van der Waals surface area contributed by atoms with Crippen LogP contribution in [0, 0.1) is 13.8 Å². The van der Waals surface area contributed by atoms with Crippen molar-refractivity contribution in [2.24, 2.45) is 5.73 Å². The quantitative estimate of drug-likeness (QED) is 0.704. The number of phenolic OH excluding ortho intramolecular Hbond substituents is 1. The standard InChI is InChI=1S/C9H12ClNO/c1-5-6(2)9(12)7(4-11)3-8(5)10/h3,12H,4,11H2,1-2H3. The molecule has 0 amide bonds. The molecular weight excluding hydrogens is 174 g/mol. The summed E-state index contributed by atoms with van der Waals surface area (Å²) < 4.78 is 0. The van der Waals surface area contributed by atoms with Gasteiger partial charge in [-0.15, -0.1) is 0 Å². The lowest BCUT2D eigenvalue weighted by molar-refractivity contribution is 0.463. The molecule has 0 spiro atoms. The highest BCUT2D eigenvalue weighted by atomic mass is 35.5. The third kappa shape index (κ3) is 1.40. The molecule has 3 heteroatoms. The van der Waals surface area contributed by atoms with E-state index in [4.69, 9.17) is 17.3 Å². The van der Waals surface area contributed by atoms with E-state index < -0.39 is 0 Å². The van der Waals surface area contributed by atoms with E-state index in [2.05, 4.69) is 0 Å². The van der Waals surface area contributed by atoms with E-state index in [1.165, 1.54) is 0 Å². The van der Waals surface area contributed by atoms with E-state index in [-0.39, 0.29) is 5.75 Å². The van der Waals surface area contributed by atoms with Crippen LogP contribution in [0.4, 0.5) is 0 Å². The van der Waals surface area contributed by atoms with Crippen LogP contribution in [0.15, 0.2) is 6.07 Å². The van der Waals surface area contributed by atoms with Crippen LogP contribution in [-0.2, 0) is 6.54 Å². The molecule has 0 aliphatic rings. The smallest absolute Gasteiger partial charge is 0.123 e. The van der Waals surface area contributed by atoms with Crippen molar-refractivity contribution in [3.63, 3.8) is 0 Å². The van der Waals surface area contributed by atoms with Crippen molar-refractivity contribution in [2.75, 3.05) is 0 Å². The predicted octanol–water partition coefficient (Wildman–Crippen LogP) is 2.12. The highest BCUT2D eigenvalue weighted by Gasteiger charge is 2.08. The SMILES string of the molecule is Cc1c(Cl)cc(CN)c(O)c1C. The predicted molar refractivity (Wildman–Crippen MR) is 50.5 cm³/mol. The van der Waals surface area contributed by atoms with Gasteiger partial charge < -0.3 is 10.8 Å². The van der Waals surface area contributed by atoms with Crippen LogP contribution < -0.4 is 5.73 Å². The van der Waals surface area contributed by atoms with Crippen molar-refractivity contribution < 1.29 is 5.11 Å². The summed E-state index contributed by atoms with van der Waals surface area (Å²) in [6.45, 7) is 4.01. The Morgan fingerprint density at radius 2 is 2.00 bits per heavy atom. The molecule has 0 saturated carbocycles. The molecule has 12 heavy (non-hydrogen) atoms. The molecule has 1 rings (SSSR count). The summed E-state index contributed by atoms with van der Waals surface area (Å²) in [6.07, 6.45) is 0. The van der Waals surface area contributed by atoms with Crippen molar-refractivity contribution in [3.05, 3.63) is 27.8 Å². The molecule has 0 atom stereocenters. The molecule has 0 unspecified atom stereocenters. The zero-order chi connectivity index (χ0) is 9.30. The van der Waals surface area contributed by atoms with Gasteiger partial charge in [-0.25, -0.2) is 0 Å². The summed E-state index contributed by atoms with van der Waals surface area (Å²) >= 11 is 5.90. The Morgan fingerprint density at radius 3 is 2.50 bits per heavy atom. The van der Waals surface area contributed by atoms with Crippen LogP contribution in [0.2, 0.25) is 5.02 Å². The number of phenols is 1.